The average molecular weight is 294 g/mol. The van der Waals surface area contributed by atoms with Crippen molar-refractivity contribution in [3.8, 4) is 0 Å². The summed E-state index contributed by atoms with van der Waals surface area (Å²) in [6.07, 6.45) is 1.55. The van der Waals surface area contributed by atoms with Crippen LogP contribution in [-0.4, -0.2) is 26.8 Å². The SMILES string of the molecule is O=S(=O)(c1cc(Cl)cc(Cl)c1)C1CCCNC1. The molecule has 1 aliphatic rings. The lowest BCUT2D eigenvalue weighted by atomic mass is 10.2. The lowest BCUT2D eigenvalue weighted by molar-refractivity contribution is 0.497. The van der Waals surface area contributed by atoms with Gasteiger partial charge in [0.2, 0.25) is 0 Å². The van der Waals surface area contributed by atoms with Gasteiger partial charge in [-0.15, -0.1) is 0 Å². The van der Waals surface area contributed by atoms with E-state index in [1.165, 1.54) is 18.2 Å². The van der Waals surface area contributed by atoms with Gasteiger partial charge in [0.15, 0.2) is 9.84 Å². The highest BCUT2D eigenvalue weighted by molar-refractivity contribution is 7.92. The zero-order valence-electron chi connectivity index (χ0n) is 9.12. The smallest absolute Gasteiger partial charge is 0.182 e. The fourth-order valence-corrected chi connectivity index (χ4v) is 4.41. The van der Waals surface area contributed by atoms with E-state index in [9.17, 15) is 8.42 Å². The van der Waals surface area contributed by atoms with E-state index in [-0.39, 0.29) is 10.1 Å². The number of sulfone groups is 1. The second kappa shape index (κ2) is 5.14. The molecule has 1 fully saturated rings. The highest BCUT2D eigenvalue weighted by Crippen LogP contribution is 2.26. The van der Waals surface area contributed by atoms with E-state index in [1.807, 2.05) is 0 Å². The summed E-state index contributed by atoms with van der Waals surface area (Å²) >= 11 is 11.7. The second-order valence-corrected chi connectivity index (χ2v) is 7.22. The van der Waals surface area contributed by atoms with Crippen LogP contribution in [0.15, 0.2) is 23.1 Å². The Labute approximate surface area is 111 Å². The molecule has 0 saturated carbocycles. The largest absolute Gasteiger partial charge is 0.315 e. The van der Waals surface area contributed by atoms with Crippen molar-refractivity contribution in [3.63, 3.8) is 0 Å². The maximum absolute atomic E-state index is 12.3. The first-order valence-corrected chi connectivity index (χ1v) is 7.71. The highest BCUT2D eigenvalue weighted by atomic mass is 35.5. The molecular formula is C11H13Cl2NO2S. The zero-order chi connectivity index (χ0) is 12.5. The third-order valence-electron chi connectivity index (χ3n) is 2.86. The fraction of sp³-hybridized carbons (Fsp3) is 0.455. The van der Waals surface area contributed by atoms with Crippen LogP contribution in [0, 0.1) is 0 Å². The van der Waals surface area contributed by atoms with Gasteiger partial charge in [-0.05, 0) is 37.6 Å². The number of piperidine rings is 1. The maximum Gasteiger partial charge on any atom is 0.182 e. The monoisotopic (exact) mass is 293 g/mol. The Morgan fingerprint density at radius 1 is 1.18 bits per heavy atom. The van der Waals surface area contributed by atoms with Crippen LogP contribution in [0.25, 0.3) is 0 Å². The van der Waals surface area contributed by atoms with E-state index >= 15 is 0 Å². The first kappa shape index (κ1) is 13.1. The maximum atomic E-state index is 12.3. The van der Waals surface area contributed by atoms with Crippen molar-refractivity contribution in [3.05, 3.63) is 28.2 Å². The van der Waals surface area contributed by atoms with Gasteiger partial charge in [-0.2, -0.15) is 0 Å². The summed E-state index contributed by atoms with van der Waals surface area (Å²) < 4.78 is 24.7. The van der Waals surface area contributed by atoms with Crippen molar-refractivity contribution in [1.82, 2.24) is 5.32 Å². The number of hydrogen-bond donors (Lipinski definition) is 1. The first-order valence-electron chi connectivity index (χ1n) is 5.41. The predicted octanol–water partition coefficient (Wildman–Crippen LogP) is 2.52. The molecule has 2 rings (SSSR count). The molecule has 1 atom stereocenters. The van der Waals surface area contributed by atoms with Gasteiger partial charge >= 0.3 is 0 Å². The van der Waals surface area contributed by atoms with Crippen molar-refractivity contribution < 1.29 is 8.42 Å². The van der Waals surface area contributed by atoms with Gasteiger partial charge < -0.3 is 5.32 Å². The molecule has 1 saturated heterocycles. The van der Waals surface area contributed by atoms with Crippen LogP contribution < -0.4 is 5.32 Å². The zero-order valence-corrected chi connectivity index (χ0v) is 11.4. The Balaban J connectivity index is 2.36. The van der Waals surface area contributed by atoms with E-state index in [4.69, 9.17) is 23.2 Å². The van der Waals surface area contributed by atoms with Crippen LogP contribution in [0.1, 0.15) is 12.8 Å². The molecule has 6 heteroatoms. The molecular weight excluding hydrogens is 281 g/mol. The Morgan fingerprint density at radius 3 is 2.35 bits per heavy atom. The molecule has 1 N–H and O–H groups in total. The fourth-order valence-electron chi connectivity index (χ4n) is 1.97. The number of hydrogen-bond acceptors (Lipinski definition) is 3. The predicted molar refractivity (Wildman–Crippen MR) is 69.5 cm³/mol. The molecule has 1 heterocycles. The van der Waals surface area contributed by atoms with Gasteiger partial charge in [0.05, 0.1) is 10.1 Å². The van der Waals surface area contributed by atoms with Gasteiger partial charge in [-0.1, -0.05) is 23.2 Å². The van der Waals surface area contributed by atoms with Crippen LogP contribution in [-0.2, 0) is 9.84 Å². The second-order valence-electron chi connectivity index (χ2n) is 4.12. The Morgan fingerprint density at radius 2 is 1.82 bits per heavy atom. The molecule has 1 aromatic carbocycles. The van der Waals surface area contributed by atoms with Crippen LogP contribution in [0.2, 0.25) is 10.0 Å². The molecule has 17 heavy (non-hydrogen) atoms. The van der Waals surface area contributed by atoms with Crippen LogP contribution in [0.4, 0.5) is 0 Å². The summed E-state index contributed by atoms with van der Waals surface area (Å²) in [7, 11) is -3.34. The highest BCUT2D eigenvalue weighted by Gasteiger charge is 2.29. The molecule has 1 unspecified atom stereocenters. The van der Waals surface area contributed by atoms with E-state index in [0.29, 0.717) is 23.0 Å². The van der Waals surface area contributed by atoms with Gasteiger partial charge in [0.1, 0.15) is 0 Å². The minimum atomic E-state index is -3.34. The Hall–Kier alpha value is -0.290. The van der Waals surface area contributed by atoms with E-state index in [2.05, 4.69) is 5.32 Å². The average Bonchev–Trinajstić information content (AvgIpc) is 2.29. The normalized spacial score (nSPS) is 21.4. The lowest BCUT2D eigenvalue weighted by Crippen LogP contribution is -2.38. The molecule has 1 aromatic rings. The van der Waals surface area contributed by atoms with E-state index in [1.54, 1.807) is 0 Å². The van der Waals surface area contributed by atoms with E-state index in [0.717, 1.165) is 13.0 Å². The summed E-state index contributed by atoms with van der Waals surface area (Å²) in [5.74, 6) is 0. The molecule has 0 amide bonds. The molecule has 94 valence electrons. The van der Waals surface area contributed by atoms with Crippen LogP contribution in [0.5, 0.6) is 0 Å². The quantitative estimate of drug-likeness (QED) is 0.911. The lowest BCUT2D eigenvalue weighted by Gasteiger charge is -2.22. The van der Waals surface area contributed by atoms with Crippen molar-refractivity contribution >= 4 is 33.0 Å². The minimum Gasteiger partial charge on any atom is -0.315 e. The van der Waals surface area contributed by atoms with Gasteiger partial charge in [-0.25, -0.2) is 8.42 Å². The number of benzene rings is 1. The van der Waals surface area contributed by atoms with Crippen LogP contribution >= 0.6 is 23.2 Å². The van der Waals surface area contributed by atoms with Crippen LogP contribution in [0.3, 0.4) is 0 Å². The van der Waals surface area contributed by atoms with E-state index < -0.39 is 9.84 Å². The molecule has 0 bridgehead atoms. The molecule has 0 spiro atoms. The Bertz CT molecular complexity index is 490. The third kappa shape index (κ3) is 2.94. The molecule has 1 aliphatic heterocycles. The first-order chi connectivity index (χ1) is 8.00. The number of halogens is 2. The summed E-state index contributed by atoms with van der Waals surface area (Å²) in [4.78, 5) is 0.212. The number of nitrogens with one attached hydrogen (secondary N) is 1. The summed E-state index contributed by atoms with van der Waals surface area (Å²) in [6, 6.07) is 4.44. The standard InChI is InChI=1S/C11H13Cl2NO2S/c12-8-4-9(13)6-11(5-8)17(15,16)10-2-1-3-14-7-10/h4-6,10,14H,1-3,7H2. The molecule has 0 radical (unpaired) electrons. The molecule has 3 nitrogen and oxygen atoms in total. The summed E-state index contributed by atoms with van der Waals surface area (Å²) in [6.45, 7) is 1.37. The van der Waals surface area contributed by atoms with Gasteiger partial charge in [-0.3, -0.25) is 0 Å². The third-order valence-corrected chi connectivity index (χ3v) is 5.46. The summed E-state index contributed by atoms with van der Waals surface area (Å²) in [5.41, 5.74) is 0. The van der Waals surface area contributed by atoms with Crippen molar-refractivity contribution in [2.24, 2.45) is 0 Å². The van der Waals surface area contributed by atoms with Gasteiger partial charge in [0.25, 0.3) is 0 Å². The van der Waals surface area contributed by atoms with Crippen molar-refractivity contribution in [1.29, 1.82) is 0 Å². The van der Waals surface area contributed by atoms with Gasteiger partial charge in [0, 0.05) is 16.6 Å². The summed E-state index contributed by atoms with van der Waals surface area (Å²) in [5, 5.41) is 3.41. The Kier molecular flexibility index (Phi) is 3.98. The molecule has 0 aromatic heterocycles. The topological polar surface area (TPSA) is 46.2 Å². The van der Waals surface area contributed by atoms with Crippen molar-refractivity contribution in [2.45, 2.75) is 23.0 Å². The van der Waals surface area contributed by atoms with Crippen molar-refractivity contribution in [2.75, 3.05) is 13.1 Å². The minimum absolute atomic E-state index is 0.212. The number of rotatable bonds is 2. The molecule has 0 aliphatic carbocycles.